The van der Waals surface area contributed by atoms with Gasteiger partial charge in [0.05, 0.1) is 6.10 Å². The molecule has 2 heteroatoms. The number of benzene rings is 1. The first-order valence-corrected chi connectivity index (χ1v) is 8.33. The molecule has 0 radical (unpaired) electrons. The second kappa shape index (κ2) is 6.51. The van der Waals surface area contributed by atoms with Gasteiger partial charge in [0.1, 0.15) is 5.75 Å². The van der Waals surface area contributed by atoms with Crippen molar-refractivity contribution in [3.8, 4) is 5.75 Å². The summed E-state index contributed by atoms with van der Waals surface area (Å²) in [7, 11) is 0. The number of hydrogen-bond donors (Lipinski definition) is 1. The van der Waals surface area contributed by atoms with Crippen molar-refractivity contribution in [1.82, 2.24) is 0 Å². The molecule has 2 aliphatic carbocycles. The third-order valence-electron chi connectivity index (χ3n) is 4.85. The molecule has 0 heterocycles. The zero-order valence-electron chi connectivity index (χ0n) is 12.6. The van der Waals surface area contributed by atoms with Crippen LogP contribution in [0, 0.1) is 5.92 Å². The van der Waals surface area contributed by atoms with Crippen molar-refractivity contribution in [2.24, 2.45) is 5.92 Å². The molecule has 0 aromatic heterocycles. The van der Waals surface area contributed by atoms with E-state index in [9.17, 15) is 0 Å². The van der Waals surface area contributed by atoms with Gasteiger partial charge < -0.3 is 10.1 Å². The molecule has 0 aliphatic heterocycles. The molecule has 2 saturated carbocycles. The first kappa shape index (κ1) is 13.8. The summed E-state index contributed by atoms with van der Waals surface area (Å²) in [5.74, 6) is 1.94. The maximum atomic E-state index is 6.01. The van der Waals surface area contributed by atoms with E-state index >= 15 is 0 Å². The topological polar surface area (TPSA) is 21.3 Å². The molecule has 0 amide bonds. The van der Waals surface area contributed by atoms with Crippen LogP contribution in [-0.2, 0) is 0 Å². The fourth-order valence-electron chi connectivity index (χ4n) is 3.47. The fourth-order valence-corrected chi connectivity index (χ4v) is 3.47. The van der Waals surface area contributed by atoms with Crippen LogP contribution in [0.1, 0.15) is 58.3 Å². The number of rotatable bonds is 4. The van der Waals surface area contributed by atoms with Crippen molar-refractivity contribution in [2.75, 3.05) is 5.32 Å². The third kappa shape index (κ3) is 3.68. The van der Waals surface area contributed by atoms with Gasteiger partial charge in [-0.25, -0.2) is 0 Å². The molecule has 2 aliphatic rings. The summed E-state index contributed by atoms with van der Waals surface area (Å²) in [6.07, 6.45) is 10.9. The lowest BCUT2D eigenvalue weighted by atomic mass is 9.87. The summed E-state index contributed by atoms with van der Waals surface area (Å²) < 4.78 is 6.01. The van der Waals surface area contributed by atoms with E-state index in [1.165, 1.54) is 57.1 Å². The summed E-state index contributed by atoms with van der Waals surface area (Å²) in [6, 6.07) is 9.23. The molecule has 2 fully saturated rings. The minimum Gasteiger partial charge on any atom is -0.490 e. The molecule has 20 heavy (non-hydrogen) atoms. The van der Waals surface area contributed by atoms with Crippen LogP contribution in [0.25, 0.3) is 0 Å². The maximum absolute atomic E-state index is 6.01. The van der Waals surface area contributed by atoms with Crippen molar-refractivity contribution < 1.29 is 4.74 Å². The summed E-state index contributed by atoms with van der Waals surface area (Å²) in [5, 5.41) is 3.67. The van der Waals surface area contributed by atoms with Crippen LogP contribution >= 0.6 is 0 Å². The lowest BCUT2D eigenvalue weighted by Crippen LogP contribution is -2.25. The Balaban J connectivity index is 1.50. The summed E-state index contributed by atoms with van der Waals surface area (Å²) >= 11 is 0. The van der Waals surface area contributed by atoms with Crippen LogP contribution in [0.4, 0.5) is 5.69 Å². The highest BCUT2D eigenvalue weighted by atomic mass is 16.5. The zero-order chi connectivity index (χ0) is 13.8. The summed E-state index contributed by atoms with van der Waals surface area (Å²) in [5.41, 5.74) is 1.24. The Morgan fingerprint density at radius 1 is 0.900 bits per heavy atom. The summed E-state index contributed by atoms with van der Waals surface area (Å²) in [4.78, 5) is 0. The smallest absolute Gasteiger partial charge is 0.119 e. The van der Waals surface area contributed by atoms with Gasteiger partial charge in [-0.3, -0.25) is 0 Å². The van der Waals surface area contributed by atoms with E-state index in [4.69, 9.17) is 4.74 Å². The second-order valence-electron chi connectivity index (χ2n) is 6.65. The Kier molecular flexibility index (Phi) is 4.49. The van der Waals surface area contributed by atoms with E-state index in [1.54, 1.807) is 0 Å². The van der Waals surface area contributed by atoms with Crippen molar-refractivity contribution >= 4 is 5.69 Å². The van der Waals surface area contributed by atoms with Gasteiger partial charge in [0, 0.05) is 11.7 Å². The molecule has 2 nitrogen and oxygen atoms in total. The lowest BCUT2D eigenvalue weighted by molar-refractivity contribution is 0.210. The Morgan fingerprint density at radius 2 is 1.55 bits per heavy atom. The van der Waals surface area contributed by atoms with Crippen molar-refractivity contribution in [3.05, 3.63) is 24.3 Å². The minimum atomic E-state index is 0.452. The number of nitrogens with one attached hydrogen (secondary N) is 1. The quantitative estimate of drug-likeness (QED) is 0.833. The molecule has 0 atom stereocenters. The molecular weight excluding hydrogens is 246 g/mol. The number of ether oxygens (including phenoxy) is 1. The van der Waals surface area contributed by atoms with Crippen LogP contribution in [0.15, 0.2) is 24.3 Å². The first-order valence-electron chi connectivity index (χ1n) is 8.33. The third-order valence-corrected chi connectivity index (χ3v) is 4.85. The van der Waals surface area contributed by atoms with Gasteiger partial charge in [0.2, 0.25) is 0 Å². The van der Waals surface area contributed by atoms with Gasteiger partial charge in [-0.05, 0) is 81.5 Å². The number of anilines is 1. The van der Waals surface area contributed by atoms with Crippen LogP contribution in [-0.4, -0.2) is 12.1 Å². The van der Waals surface area contributed by atoms with Gasteiger partial charge in [0.15, 0.2) is 0 Å². The van der Waals surface area contributed by atoms with E-state index in [1.807, 2.05) is 0 Å². The average Bonchev–Trinajstić information content (AvgIpc) is 2.96. The van der Waals surface area contributed by atoms with E-state index in [2.05, 4.69) is 36.5 Å². The number of hydrogen-bond acceptors (Lipinski definition) is 2. The molecule has 0 bridgehead atoms. The molecule has 1 N–H and O–H groups in total. The Labute approximate surface area is 122 Å². The average molecular weight is 273 g/mol. The SMILES string of the molecule is CC1CCC(Nc2ccc(OC3CCCC3)cc2)CC1. The largest absolute Gasteiger partial charge is 0.490 e. The van der Waals surface area contributed by atoms with E-state index in [-0.39, 0.29) is 0 Å². The predicted octanol–water partition coefficient (Wildman–Crippen LogP) is 5.00. The highest BCUT2D eigenvalue weighted by molar-refractivity contribution is 5.47. The van der Waals surface area contributed by atoms with Crippen LogP contribution in [0.2, 0.25) is 0 Å². The highest BCUT2D eigenvalue weighted by Crippen LogP contribution is 2.28. The van der Waals surface area contributed by atoms with Crippen molar-refractivity contribution in [1.29, 1.82) is 0 Å². The van der Waals surface area contributed by atoms with Gasteiger partial charge >= 0.3 is 0 Å². The van der Waals surface area contributed by atoms with Gasteiger partial charge in [0.25, 0.3) is 0 Å². The van der Waals surface area contributed by atoms with E-state index in [0.29, 0.717) is 12.1 Å². The zero-order valence-corrected chi connectivity index (χ0v) is 12.6. The van der Waals surface area contributed by atoms with Gasteiger partial charge in [-0.2, -0.15) is 0 Å². The van der Waals surface area contributed by atoms with E-state index < -0.39 is 0 Å². The normalized spacial score (nSPS) is 27.4. The van der Waals surface area contributed by atoms with Crippen LogP contribution < -0.4 is 10.1 Å². The Bertz CT molecular complexity index is 400. The van der Waals surface area contributed by atoms with Crippen LogP contribution in [0.3, 0.4) is 0 Å². The van der Waals surface area contributed by atoms with Gasteiger partial charge in [-0.15, -0.1) is 0 Å². The first-order chi connectivity index (χ1) is 9.79. The van der Waals surface area contributed by atoms with Crippen LogP contribution in [0.5, 0.6) is 5.75 Å². The molecule has 0 unspecified atom stereocenters. The summed E-state index contributed by atoms with van der Waals surface area (Å²) in [6.45, 7) is 2.37. The molecule has 0 saturated heterocycles. The molecule has 1 aromatic rings. The molecule has 3 rings (SSSR count). The molecule has 0 spiro atoms. The lowest BCUT2D eigenvalue weighted by Gasteiger charge is -2.27. The van der Waals surface area contributed by atoms with Crippen molar-refractivity contribution in [2.45, 2.75) is 70.4 Å². The maximum Gasteiger partial charge on any atom is 0.119 e. The Morgan fingerprint density at radius 3 is 2.20 bits per heavy atom. The fraction of sp³-hybridized carbons (Fsp3) is 0.667. The van der Waals surface area contributed by atoms with Gasteiger partial charge in [-0.1, -0.05) is 6.92 Å². The van der Waals surface area contributed by atoms with E-state index in [0.717, 1.165) is 11.7 Å². The van der Waals surface area contributed by atoms with Crippen molar-refractivity contribution in [3.63, 3.8) is 0 Å². The second-order valence-corrected chi connectivity index (χ2v) is 6.65. The highest BCUT2D eigenvalue weighted by Gasteiger charge is 2.18. The standard InChI is InChI=1S/C18H27NO/c1-14-6-8-15(9-7-14)19-16-10-12-18(13-11-16)20-17-4-2-3-5-17/h10-15,17,19H,2-9H2,1H3. The molecular formula is C18H27NO. The minimum absolute atomic E-state index is 0.452. The Hall–Kier alpha value is -1.18. The molecule has 110 valence electrons. The predicted molar refractivity (Wildman–Crippen MR) is 84.4 cm³/mol. The monoisotopic (exact) mass is 273 g/mol. The molecule has 1 aromatic carbocycles.